The monoisotopic (exact) mass is 1940 g/mol. The summed E-state index contributed by atoms with van der Waals surface area (Å²) in [6.45, 7) is 23.3. The SMILES string of the molecule is C=CC(=O)OCCCc1cc2c(OCCCCCCCCCCCCCCCCCC)c(c1)Cc1cc(CCCOC(=O)C=C)cc(c1OCCCCCCCCCCCCCCCCCC)Cc1cc(CCCOC(=O)/C=C\C(=O)OC)cc(c1OCCCCCCCCCCCCCCCCCC)Cc1cc(CCCOC(=O)C=C)cc(c1OCCCCCCCCCCCCCCCCCC)C2. The van der Waals surface area contributed by atoms with Gasteiger partial charge in [0.1, 0.15) is 23.0 Å². The van der Waals surface area contributed by atoms with Gasteiger partial charge in [0.25, 0.3) is 0 Å². The summed E-state index contributed by atoms with van der Waals surface area (Å²) in [5.41, 5.74) is 12.6. The highest BCUT2D eigenvalue weighted by molar-refractivity contribution is 5.91. The van der Waals surface area contributed by atoms with Crippen molar-refractivity contribution in [2.24, 2.45) is 0 Å². The normalized spacial score (nSPS) is 11.8. The van der Waals surface area contributed by atoms with E-state index in [1.807, 2.05) is 0 Å². The Bertz CT molecular complexity index is 3730. The number of methoxy groups -OCH3 is 1. The molecule has 4 aromatic rings. The highest BCUT2D eigenvalue weighted by Crippen LogP contribution is 2.43. The fourth-order valence-corrected chi connectivity index (χ4v) is 20.0. The number of fused-ring (bicyclic) bond motifs is 8. The maximum absolute atomic E-state index is 13.2. The standard InChI is InChI=1S/C126H202O14/c1-9-16-20-24-28-32-36-40-44-48-52-56-60-64-68-72-86-137-123-110-94-106(80-76-90-133-118(127)13-5)95-111(123)103-113-97-108(82-78-92-135-120(129)15-7)99-115(125(113)139-88-74-70-66-62-58-54-50-46-42-38-34-30-26-22-18-11-3)105-117-101-109(83-79-93-136-122(131)85-84-121(130)132-8)100-116(126(117)140-89-75-71-67-63-59-55-51-47-43-39-35-31-27-23-19-12-4)104-114-98-107(81-77-91-134-119(128)14-6)96-112(102-110)124(114)138-87-73-69-65-61-57-53-49-45-41-37-33-29-25-21-17-10-2/h13-15,84-85,94-101H,5-7,9-12,16-83,86-93,102-105H2,1-4,8H3/b85-84-. The number of unbranched alkanes of at least 4 members (excludes halogenated alkanes) is 60. The molecule has 0 fully saturated rings. The molecule has 0 N–H and O–H groups in total. The fourth-order valence-electron chi connectivity index (χ4n) is 20.0. The molecular formula is C126H202O14. The van der Waals surface area contributed by atoms with E-state index in [1.165, 1.54) is 359 Å². The fraction of sp³-hybridized carbons (Fsp3) is 0.706. The van der Waals surface area contributed by atoms with E-state index < -0.39 is 29.8 Å². The molecule has 0 radical (unpaired) electrons. The average Bonchev–Trinajstić information content (AvgIpc) is 0.770. The molecule has 0 spiro atoms. The molecule has 0 heterocycles. The third-order valence-corrected chi connectivity index (χ3v) is 28.2. The molecule has 140 heavy (non-hydrogen) atoms. The molecule has 14 heteroatoms. The number of rotatable bonds is 93. The van der Waals surface area contributed by atoms with Crippen molar-refractivity contribution in [3.05, 3.63) is 165 Å². The molecule has 0 unspecified atom stereocenters. The lowest BCUT2D eigenvalue weighted by Crippen LogP contribution is -2.13. The van der Waals surface area contributed by atoms with Crippen molar-refractivity contribution in [3.63, 3.8) is 0 Å². The minimum Gasteiger partial charge on any atom is -0.493 e. The molecule has 0 saturated carbocycles. The first-order valence-electron chi connectivity index (χ1n) is 58.3. The molecule has 0 aromatic heterocycles. The van der Waals surface area contributed by atoms with E-state index in [0.717, 1.165) is 179 Å². The number of hydrogen-bond donors (Lipinski definition) is 0. The van der Waals surface area contributed by atoms with Gasteiger partial charge < -0.3 is 42.6 Å². The van der Waals surface area contributed by atoms with Crippen LogP contribution < -0.4 is 18.9 Å². The molecule has 4 aromatic carbocycles. The number of ether oxygens (including phenoxy) is 9. The number of carbonyl (C=O) groups is 5. The predicted molar refractivity (Wildman–Crippen MR) is 586 cm³/mol. The molecule has 1 aliphatic rings. The summed E-state index contributed by atoms with van der Waals surface area (Å²) in [5, 5.41) is 0. The largest absolute Gasteiger partial charge is 0.493 e. The zero-order valence-electron chi connectivity index (χ0n) is 90.2. The lowest BCUT2D eigenvalue weighted by atomic mass is 9.87. The molecule has 5 rings (SSSR count). The third kappa shape index (κ3) is 60.9. The summed E-state index contributed by atoms with van der Waals surface area (Å²) >= 11 is 0. The van der Waals surface area contributed by atoms with Gasteiger partial charge in [-0.3, -0.25) is 0 Å². The minimum absolute atomic E-state index is 0.123. The third-order valence-electron chi connectivity index (χ3n) is 28.2. The van der Waals surface area contributed by atoms with E-state index in [4.69, 9.17) is 42.6 Å². The van der Waals surface area contributed by atoms with E-state index in [0.29, 0.717) is 103 Å². The minimum atomic E-state index is -0.632. The average molecular weight is 1940 g/mol. The van der Waals surface area contributed by atoms with Crippen molar-refractivity contribution >= 4 is 29.8 Å². The smallest absolute Gasteiger partial charge is 0.331 e. The first kappa shape index (κ1) is 123. The summed E-state index contributed by atoms with van der Waals surface area (Å²) in [7, 11) is 1.28. The highest BCUT2D eigenvalue weighted by Gasteiger charge is 2.27. The first-order valence-corrected chi connectivity index (χ1v) is 58.3. The van der Waals surface area contributed by atoms with Gasteiger partial charge in [0.15, 0.2) is 0 Å². The van der Waals surface area contributed by atoms with Crippen LogP contribution in [0.5, 0.6) is 23.0 Å². The van der Waals surface area contributed by atoms with E-state index in [-0.39, 0.29) is 26.4 Å². The Morgan fingerprint density at radius 3 is 0.514 bits per heavy atom. The van der Waals surface area contributed by atoms with Gasteiger partial charge in [0.05, 0.1) is 60.0 Å². The van der Waals surface area contributed by atoms with Crippen LogP contribution in [0, 0.1) is 0 Å². The number of aryl methyl sites for hydroxylation is 4. The second-order valence-corrected chi connectivity index (χ2v) is 40.8. The maximum atomic E-state index is 13.2. The topological polar surface area (TPSA) is 168 Å². The Morgan fingerprint density at radius 1 is 0.207 bits per heavy atom. The van der Waals surface area contributed by atoms with Crippen LogP contribution in [0.3, 0.4) is 0 Å². The number of hydrogen-bond acceptors (Lipinski definition) is 14. The molecule has 0 amide bonds. The first-order chi connectivity index (χ1) is 68.9. The van der Waals surface area contributed by atoms with Crippen molar-refractivity contribution < 1.29 is 66.6 Å². The molecule has 0 aliphatic heterocycles. The van der Waals surface area contributed by atoms with Gasteiger partial charge in [-0.2, -0.15) is 0 Å². The number of esters is 5. The van der Waals surface area contributed by atoms with Crippen LogP contribution in [0.15, 0.2) is 98.6 Å². The van der Waals surface area contributed by atoms with Gasteiger partial charge in [0.2, 0.25) is 0 Å². The van der Waals surface area contributed by atoms with Gasteiger partial charge in [0, 0.05) is 56.1 Å². The Morgan fingerprint density at radius 2 is 0.357 bits per heavy atom. The lowest BCUT2D eigenvalue weighted by molar-refractivity contribution is -0.139. The van der Waals surface area contributed by atoms with Crippen LogP contribution in [0.1, 0.15) is 531 Å². The van der Waals surface area contributed by atoms with Crippen molar-refractivity contribution in [2.75, 3.05) is 60.0 Å². The van der Waals surface area contributed by atoms with Crippen LogP contribution >= 0.6 is 0 Å². The van der Waals surface area contributed by atoms with E-state index >= 15 is 0 Å². The summed E-state index contributed by atoms with van der Waals surface area (Å²) in [6, 6.07) is 18.7. The second-order valence-electron chi connectivity index (χ2n) is 40.8. The van der Waals surface area contributed by atoms with Crippen LogP contribution in [-0.2, 0) is 99.0 Å². The summed E-state index contributed by atoms with van der Waals surface area (Å²) in [5.74, 6) is 0.837. The molecular weight excluding hydrogens is 1740 g/mol. The van der Waals surface area contributed by atoms with Crippen molar-refractivity contribution in [2.45, 2.75) is 516 Å². The van der Waals surface area contributed by atoms with E-state index in [9.17, 15) is 24.0 Å². The van der Waals surface area contributed by atoms with Crippen molar-refractivity contribution in [3.8, 4) is 23.0 Å². The number of benzene rings is 4. The van der Waals surface area contributed by atoms with Crippen LogP contribution in [0.4, 0.5) is 0 Å². The summed E-state index contributed by atoms with van der Waals surface area (Å²) in [4.78, 5) is 63.6. The zero-order chi connectivity index (χ0) is 100. The molecule has 0 atom stereocenters. The van der Waals surface area contributed by atoms with Gasteiger partial charge in [-0.25, -0.2) is 24.0 Å². The Hall–Kier alpha value is -7.61. The second kappa shape index (κ2) is 85.8. The lowest BCUT2D eigenvalue weighted by Gasteiger charge is -2.25. The quantitative estimate of drug-likeness (QED) is 0.0156. The Balaban J connectivity index is 1.74. The molecule has 8 bridgehead atoms. The zero-order valence-corrected chi connectivity index (χ0v) is 90.2. The van der Waals surface area contributed by atoms with E-state index in [1.54, 1.807) is 0 Å². The van der Waals surface area contributed by atoms with Gasteiger partial charge in [-0.05, 0) is 144 Å². The predicted octanol–water partition coefficient (Wildman–Crippen LogP) is 35.1. The van der Waals surface area contributed by atoms with Crippen LogP contribution in [-0.4, -0.2) is 89.8 Å². The number of carbonyl (C=O) groups excluding carboxylic acids is 5. The van der Waals surface area contributed by atoms with Crippen LogP contribution in [0.2, 0.25) is 0 Å². The molecule has 0 saturated heterocycles. The summed E-state index contributed by atoms with van der Waals surface area (Å²) < 4.78 is 58.1. The van der Waals surface area contributed by atoms with Crippen molar-refractivity contribution in [1.82, 2.24) is 0 Å². The van der Waals surface area contributed by atoms with Crippen LogP contribution in [0.25, 0.3) is 0 Å². The van der Waals surface area contributed by atoms with Crippen molar-refractivity contribution in [1.29, 1.82) is 0 Å². The Labute approximate surface area is 855 Å². The Kier molecular flexibility index (Phi) is 75.3. The highest BCUT2D eigenvalue weighted by atomic mass is 16.5. The van der Waals surface area contributed by atoms with Gasteiger partial charge in [-0.15, -0.1) is 0 Å². The maximum Gasteiger partial charge on any atom is 0.331 e. The van der Waals surface area contributed by atoms with Gasteiger partial charge >= 0.3 is 29.8 Å². The molecule has 790 valence electrons. The molecule has 14 nitrogen and oxygen atoms in total. The molecule has 1 aliphatic carbocycles. The van der Waals surface area contributed by atoms with Gasteiger partial charge in [-0.1, -0.05) is 481 Å². The van der Waals surface area contributed by atoms with E-state index in [2.05, 4.69) is 96.0 Å². The summed E-state index contributed by atoms with van der Waals surface area (Å²) in [6.07, 6.45) is 94.0.